The predicted octanol–water partition coefficient (Wildman–Crippen LogP) is -1.84. The van der Waals surface area contributed by atoms with E-state index in [0.29, 0.717) is 0 Å². The Bertz CT molecular complexity index is 102. The molecule has 0 heterocycles. The minimum absolute atomic E-state index is 1.72. The van der Waals surface area contributed by atoms with Gasteiger partial charge in [0.25, 0.3) is 0 Å². The summed E-state index contributed by atoms with van der Waals surface area (Å²) in [4.78, 5) is 0. The van der Waals surface area contributed by atoms with Crippen LogP contribution in [0.1, 0.15) is 0 Å². The minimum atomic E-state index is -5.17. The molecule has 0 N–H and O–H groups in total. The Hall–Kier alpha value is -0.113. The van der Waals surface area contributed by atoms with Gasteiger partial charge in [-0.1, -0.05) is 0 Å². The summed E-state index contributed by atoms with van der Waals surface area (Å²) >= 11 is 0. The van der Waals surface area contributed by atoms with E-state index in [2.05, 4.69) is 0 Å². The van der Waals surface area contributed by atoms with Crippen molar-refractivity contribution in [1.29, 1.82) is 0 Å². The summed E-state index contributed by atoms with van der Waals surface area (Å²) in [5.74, 6) is 0. The van der Waals surface area contributed by atoms with Gasteiger partial charge in [0, 0.05) is 10.4 Å². The third-order valence-corrected chi connectivity index (χ3v) is 0. The molecule has 0 atom stereocenters. The Balaban J connectivity index is 0. The van der Waals surface area contributed by atoms with Crippen LogP contribution in [0.4, 0.5) is 0 Å². The molecule has 0 spiro atoms. The predicted molar refractivity (Wildman–Crippen MR) is 16.9 cm³/mol. The van der Waals surface area contributed by atoms with Crippen molar-refractivity contribution in [2.24, 2.45) is 0 Å². The average molecular weight is 140 g/mol. The first-order valence-electron chi connectivity index (χ1n) is 0.871. The first-order valence-corrected chi connectivity index (χ1v) is 2.61. The van der Waals surface area contributed by atoms with Gasteiger partial charge in [-0.15, -0.1) is 0 Å². The van der Waals surface area contributed by atoms with Gasteiger partial charge in [0.15, 0.2) is 0 Å². The number of hydrogen-bond donors (Lipinski definition) is 0. The molecule has 0 aromatic rings. The van der Waals surface area contributed by atoms with Crippen LogP contribution < -0.4 is 0 Å². The van der Waals surface area contributed by atoms with Gasteiger partial charge < -0.3 is 9.11 Å². The van der Waals surface area contributed by atoms with Crippen LogP contribution in [-0.4, -0.2) is 27.7 Å². The molecule has 0 saturated heterocycles. The SMILES string of the molecule is O=S(=O)([O-])[O-].O=[Si+2]. The summed E-state index contributed by atoms with van der Waals surface area (Å²) < 4.78 is 42.1. The fourth-order valence-electron chi connectivity index (χ4n) is 0. The van der Waals surface area contributed by atoms with Crippen molar-refractivity contribution in [3.8, 4) is 0 Å². The molecule has 0 bridgehead atoms. The summed E-state index contributed by atoms with van der Waals surface area (Å²) in [6.45, 7) is 0. The Morgan fingerprint density at radius 1 is 1.14 bits per heavy atom. The molecule has 0 saturated carbocycles. The first kappa shape index (κ1) is 9.99. The van der Waals surface area contributed by atoms with Crippen LogP contribution in [0.5, 0.6) is 0 Å². The average Bonchev–Trinajstić information content (AvgIpc) is 1.36. The molecule has 7 heavy (non-hydrogen) atoms. The summed E-state index contributed by atoms with van der Waals surface area (Å²) in [7, 11) is -3.44. The second-order valence-corrected chi connectivity index (χ2v) is 1.22. The van der Waals surface area contributed by atoms with E-state index in [0.717, 1.165) is 0 Å². The van der Waals surface area contributed by atoms with Crippen molar-refractivity contribution in [2.45, 2.75) is 0 Å². The van der Waals surface area contributed by atoms with Crippen LogP contribution in [0.2, 0.25) is 0 Å². The standard InChI is InChI=1S/H2O4S.OSi/c1-5(2,3)4;1-2/h(H2,1,2,3,4);/q;+2/p-2. The molecule has 0 radical (unpaired) electrons. The number of rotatable bonds is 0. The Morgan fingerprint density at radius 3 is 1.14 bits per heavy atom. The van der Waals surface area contributed by atoms with E-state index in [4.69, 9.17) is 22.0 Å². The first-order chi connectivity index (χ1) is 3.00. The van der Waals surface area contributed by atoms with Crippen molar-refractivity contribution < 1.29 is 22.0 Å². The Kier molecular flexibility index (Phi) is 5.79. The summed E-state index contributed by atoms with van der Waals surface area (Å²) in [6, 6.07) is 0. The van der Waals surface area contributed by atoms with Crippen LogP contribution in [0.3, 0.4) is 0 Å². The van der Waals surface area contributed by atoms with Crippen molar-refractivity contribution in [1.82, 2.24) is 0 Å². The topological polar surface area (TPSA) is 97.3 Å². The maximum absolute atomic E-state index is 8.52. The van der Waals surface area contributed by atoms with Gasteiger partial charge in [0.2, 0.25) is 0 Å². The van der Waals surface area contributed by atoms with Crippen molar-refractivity contribution in [3.63, 3.8) is 0 Å². The third-order valence-electron chi connectivity index (χ3n) is 0. The van der Waals surface area contributed by atoms with Crippen LogP contribution in [-0.2, 0) is 14.9 Å². The molecule has 0 aromatic heterocycles. The summed E-state index contributed by atoms with van der Waals surface area (Å²) in [5.41, 5.74) is 0. The van der Waals surface area contributed by atoms with Gasteiger partial charge in [-0.25, -0.2) is 0 Å². The monoisotopic (exact) mass is 140 g/mol. The van der Waals surface area contributed by atoms with E-state index in [-0.39, 0.29) is 0 Å². The fraction of sp³-hybridized carbons (Fsp3) is 0. The van der Waals surface area contributed by atoms with Crippen LogP contribution in [0.15, 0.2) is 0 Å². The fourth-order valence-corrected chi connectivity index (χ4v) is 0. The van der Waals surface area contributed by atoms with E-state index in [1.807, 2.05) is 0 Å². The van der Waals surface area contributed by atoms with Gasteiger partial charge in [-0.2, -0.15) is 0 Å². The third kappa shape index (κ3) is 6950. The van der Waals surface area contributed by atoms with Crippen molar-refractivity contribution in [3.05, 3.63) is 0 Å². The molecule has 7 heteroatoms. The van der Waals surface area contributed by atoms with Gasteiger partial charge in [-0.05, 0) is 0 Å². The molecule has 0 amide bonds. The summed E-state index contributed by atoms with van der Waals surface area (Å²) in [5, 5.41) is 0. The van der Waals surface area contributed by atoms with Gasteiger partial charge >= 0.3 is 14.6 Å². The van der Waals surface area contributed by atoms with E-state index < -0.39 is 10.4 Å². The zero-order valence-electron chi connectivity index (χ0n) is 2.95. The molecule has 40 valence electrons. The van der Waals surface area contributed by atoms with Crippen molar-refractivity contribution in [2.75, 3.05) is 0 Å². The van der Waals surface area contributed by atoms with E-state index >= 15 is 0 Å². The molecular weight excluding hydrogens is 140 g/mol. The zero-order valence-corrected chi connectivity index (χ0v) is 4.77. The quantitative estimate of drug-likeness (QED) is 0.224. The summed E-state index contributed by atoms with van der Waals surface area (Å²) in [6.07, 6.45) is 0. The van der Waals surface area contributed by atoms with Gasteiger partial charge in [0.05, 0.1) is 0 Å². The van der Waals surface area contributed by atoms with E-state index in [9.17, 15) is 0 Å². The van der Waals surface area contributed by atoms with Crippen molar-refractivity contribution >= 4 is 20.5 Å². The second-order valence-electron chi connectivity index (χ2n) is 0.408. The van der Waals surface area contributed by atoms with Crippen LogP contribution in [0, 0.1) is 0 Å². The van der Waals surface area contributed by atoms with Crippen LogP contribution in [0.25, 0.3) is 0 Å². The molecule has 5 nitrogen and oxygen atoms in total. The molecule has 0 rings (SSSR count). The maximum atomic E-state index is 8.52. The normalized spacial score (nSPS) is 9.14. The Morgan fingerprint density at radius 2 is 1.14 bits per heavy atom. The van der Waals surface area contributed by atoms with Gasteiger partial charge in [-0.3, -0.25) is 8.42 Å². The Labute approximate surface area is 43.4 Å². The molecular formula is O5SSi. The van der Waals surface area contributed by atoms with Crippen LogP contribution >= 0.6 is 0 Å². The molecule has 0 aliphatic rings. The zero-order chi connectivity index (χ0) is 6.50. The molecule has 0 aromatic carbocycles. The molecule has 0 fully saturated rings. The molecule has 0 aliphatic carbocycles. The second kappa shape index (κ2) is 4.06. The molecule has 0 aliphatic heterocycles. The molecule has 0 unspecified atom stereocenters. The number of hydrogen-bond acceptors (Lipinski definition) is 5. The van der Waals surface area contributed by atoms with Gasteiger partial charge in [0.1, 0.15) is 0 Å². The van der Waals surface area contributed by atoms with E-state index in [1.54, 1.807) is 10.1 Å². The van der Waals surface area contributed by atoms with E-state index in [1.165, 1.54) is 0 Å².